The van der Waals surface area contributed by atoms with Crippen molar-refractivity contribution in [1.82, 2.24) is 0 Å². The van der Waals surface area contributed by atoms with Gasteiger partial charge >= 0.3 is 5.97 Å². The van der Waals surface area contributed by atoms with Gasteiger partial charge in [0, 0.05) is 10.2 Å². The number of hydrogen-bond acceptors (Lipinski definition) is 2. The summed E-state index contributed by atoms with van der Waals surface area (Å²) in [6, 6.07) is 3.65. The zero-order valence-electron chi connectivity index (χ0n) is 7.17. The minimum absolute atomic E-state index is 0.0356. The summed E-state index contributed by atoms with van der Waals surface area (Å²) in [5.74, 6) is -0.871. The molecule has 0 amide bonds. The van der Waals surface area contributed by atoms with E-state index in [-0.39, 0.29) is 6.42 Å². The molecule has 0 aliphatic carbocycles. The third kappa shape index (κ3) is 2.45. The first kappa shape index (κ1) is 10.1. The second-order valence-corrected chi connectivity index (χ2v) is 3.74. The number of nitrogens with two attached hydrogens (primary N) is 1. The molecule has 1 aromatic carbocycles. The molecule has 0 unspecified atom stereocenters. The molecule has 0 heterocycles. The van der Waals surface area contributed by atoms with E-state index >= 15 is 0 Å². The molecule has 0 bridgehead atoms. The largest absolute Gasteiger partial charge is 0.481 e. The highest BCUT2D eigenvalue weighted by atomic mass is 79.9. The van der Waals surface area contributed by atoms with E-state index in [2.05, 4.69) is 15.9 Å². The molecule has 1 rings (SSSR count). The molecule has 1 aromatic rings. The Hall–Kier alpha value is -1.03. The Morgan fingerprint density at radius 2 is 2.23 bits per heavy atom. The predicted octanol–water partition coefficient (Wildman–Crippen LogP) is 1.97. The first-order chi connectivity index (χ1) is 6.00. The maximum atomic E-state index is 10.5. The Morgan fingerprint density at radius 3 is 2.77 bits per heavy atom. The fourth-order valence-corrected chi connectivity index (χ4v) is 1.75. The molecule has 0 saturated carbocycles. The molecule has 0 atom stereocenters. The van der Waals surface area contributed by atoms with Crippen molar-refractivity contribution in [2.24, 2.45) is 0 Å². The van der Waals surface area contributed by atoms with Crippen molar-refractivity contribution >= 4 is 27.6 Å². The molecule has 0 aliphatic rings. The SMILES string of the molecule is Cc1cc(Br)c(N)c(CC(=O)O)c1. The van der Waals surface area contributed by atoms with Gasteiger partial charge in [-0.25, -0.2) is 0 Å². The standard InChI is InChI=1S/C9H10BrNO2/c1-5-2-6(4-8(12)13)9(11)7(10)3-5/h2-3H,4,11H2,1H3,(H,12,13). The molecule has 3 N–H and O–H groups in total. The van der Waals surface area contributed by atoms with E-state index in [1.165, 1.54) is 0 Å². The second kappa shape index (κ2) is 3.79. The summed E-state index contributed by atoms with van der Waals surface area (Å²) in [6.07, 6.45) is -0.0356. The fourth-order valence-electron chi connectivity index (χ4n) is 1.13. The summed E-state index contributed by atoms with van der Waals surface area (Å²) in [4.78, 5) is 10.5. The van der Waals surface area contributed by atoms with Crippen LogP contribution < -0.4 is 5.73 Å². The fraction of sp³-hybridized carbons (Fsp3) is 0.222. The number of hydrogen-bond donors (Lipinski definition) is 2. The van der Waals surface area contributed by atoms with E-state index in [1.54, 1.807) is 6.07 Å². The van der Waals surface area contributed by atoms with Crippen LogP contribution in [0.25, 0.3) is 0 Å². The van der Waals surface area contributed by atoms with Crippen molar-refractivity contribution < 1.29 is 9.90 Å². The van der Waals surface area contributed by atoms with Gasteiger partial charge in [0.15, 0.2) is 0 Å². The molecule has 0 fully saturated rings. The average molecular weight is 244 g/mol. The lowest BCUT2D eigenvalue weighted by Gasteiger charge is -2.06. The number of carboxylic acids is 1. The van der Waals surface area contributed by atoms with Crippen molar-refractivity contribution in [3.05, 3.63) is 27.7 Å². The van der Waals surface area contributed by atoms with Crippen LogP contribution in [-0.2, 0) is 11.2 Å². The summed E-state index contributed by atoms with van der Waals surface area (Å²) >= 11 is 3.27. The number of aryl methyl sites for hydroxylation is 1. The molecule has 0 aliphatic heterocycles. The lowest BCUT2D eigenvalue weighted by atomic mass is 10.1. The van der Waals surface area contributed by atoms with Crippen LogP contribution in [0.3, 0.4) is 0 Å². The van der Waals surface area contributed by atoms with Crippen molar-refractivity contribution in [2.75, 3.05) is 5.73 Å². The molecule has 0 radical (unpaired) electrons. The van der Waals surface area contributed by atoms with Gasteiger partial charge in [-0.05, 0) is 40.0 Å². The molecule has 4 heteroatoms. The normalized spacial score (nSPS) is 10.0. The number of nitrogen functional groups attached to an aromatic ring is 1. The summed E-state index contributed by atoms with van der Waals surface area (Å²) in [5.41, 5.74) is 7.85. The predicted molar refractivity (Wildman–Crippen MR) is 54.6 cm³/mol. The summed E-state index contributed by atoms with van der Waals surface area (Å²) in [7, 11) is 0. The van der Waals surface area contributed by atoms with Gasteiger partial charge in [-0.2, -0.15) is 0 Å². The second-order valence-electron chi connectivity index (χ2n) is 2.89. The Labute approximate surface area is 84.7 Å². The van der Waals surface area contributed by atoms with Crippen LogP contribution in [-0.4, -0.2) is 11.1 Å². The highest BCUT2D eigenvalue weighted by Gasteiger charge is 2.07. The van der Waals surface area contributed by atoms with Gasteiger partial charge in [0.1, 0.15) is 0 Å². The zero-order chi connectivity index (χ0) is 10.0. The molecule has 0 saturated heterocycles. The van der Waals surface area contributed by atoms with Crippen LogP contribution in [0.4, 0.5) is 5.69 Å². The van der Waals surface area contributed by atoms with Gasteiger partial charge < -0.3 is 10.8 Å². The molecular weight excluding hydrogens is 234 g/mol. The van der Waals surface area contributed by atoms with E-state index < -0.39 is 5.97 Å². The number of benzene rings is 1. The van der Waals surface area contributed by atoms with Gasteiger partial charge in [0.05, 0.1) is 6.42 Å². The number of carbonyl (C=O) groups is 1. The number of aliphatic carboxylic acids is 1. The third-order valence-electron chi connectivity index (χ3n) is 1.70. The maximum absolute atomic E-state index is 10.5. The Balaban J connectivity index is 3.12. The van der Waals surface area contributed by atoms with Crippen LogP contribution >= 0.6 is 15.9 Å². The molecule has 0 spiro atoms. The maximum Gasteiger partial charge on any atom is 0.307 e. The smallest absolute Gasteiger partial charge is 0.307 e. The first-order valence-electron chi connectivity index (χ1n) is 3.77. The summed E-state index contributed by atoms with van der Waals surface area (Å²) in [6.45, 7) is 1.90. The van der Waals surface area contributed by atoms with E-state index in [0.29, 0.717) is 11.3 Å². The molecule has 0 aromatic heterocycles. The average Bonchev–Trinajstić information content (AvgIpc) is 1.98. The van der Waals surface area contributed by atoms with E-state index in [0.717, 1.165) is 10.0 Å². The highest BCUT2D eigenvalue weighted by molar-refractivity contribution is 9.10. The topological polar surface area (TPSA) is 63.3 Å². The number of rotatable bonds is 2. The number of carboxylic acid groups (broad SMARTS) is 1. The highest BCUT2D eigenvalue weighted by Crippen LogP contribution is 2.25. The van der Waals surface area contributed by atoms with Gasteiger partial charge in [-0.3, -0.25) is 4.79 Å². The Bertz CT molecular complexity index is 350. The van der Waals surface area contributed by atoms with Crippen molar-refractivity contribution in [1.29, 1.82) is 0 Å². The van der Waals surface area contributed by atoms with Crippen LogP contribution in [0.15, 0.2) is 16.6 Å². The van der Waals surface area contributed by atoms with Crippen molar-refractivity contribution in [3.8, 4) is 0 Å². The molecule has 13 heavy (non-hydrogen) atoms. The minimum Gasteiger partial charge on any atom is -0.481 e. The monoisotopic (exact) mass is 243 g/mol. The molecule has 3 nitrogen and oxygen atoms in total. The lowest BCUT2D eigenvalue weighted by Crippen LogP contribution is -2.04. The first-order valence-corrected chi connectivity index (χ1v) is 4.56. The third-order valence-corrected chi connectivity index (χ3v) is 2.36. The summed E-state index contributed by atoms with van der Waals surface area (Å²) in [5, 5.41) is 8.60. The van der Waals surface area contributed by atoms with Gasteiger partial charge in [0.2, 0.25) is 0 Å². The number of halogens is 1. The van der Waals surface area contributed by atoms with E-state index in [9.17, 15) is 4.79 Å². The zero-order valence-corrected chi connectivity index (χ0v) is 8.76. The lowest BCUT2D eigenvalue weighted by molar-refractivity contribution is -0.136. The summed E-state index contributed by atoms with van der Waals surface area (Å²) < 4.78 is 0.753. The van der Waals surface area contributed by atoms with Gasteiger partial charge in [-0.1, -0.05) is 6.07 Å². The van der Waals surface area contributed by atoms with Gasteiger partial charge in [0.25, 0.3) is 0 Å². The van der Waals surface area contributed by atoms with E-state index in [1.807, 2.05) is 13.0 Å². The van der Waals surface area contributed by atoms with Crippen LogP contribution in [0, 0.1) is 6.92 Å². The van der Waals surface area contributed by atoms with Crippen molar-refractivity contribution in [2.45, 2.75) is 13.3 Å². The quantitative estimate of drug-likeness (QED) is 0.781. The van der Waals surface area contributed by atoms with Gasteiger partial charge in [-0.15, -0.1) is 0 Å². The van der Waals surface area contributed by atoms with Crippen LogP contribution in [0.1, 0.15) is 11.1 Å². The molecular formula is C9H10BrNO2. The van der Waals surface area contributed by atoms with Crippen molar-refractivity contribution in [3.63, 3.8) is 0 Å². The van der Waals surface area contributed by atoms with Crippen LogP contribution in [0.5, 0.6) is 0 Å². The Morgan fingerprint density at radius 1 is 1.62 bits per heavy atom. The van der Waals surface area contributed by atoms with Crippen LogP contribution in [0.2, 0.25) is 0 Å². The molecule has 70 valence electrons. The number of anilines is 1. The van der Waals surface area contributed by atoms with E-state index in [4.69, 9.17) is 10.8 Å². The minimum atomic E-state index is -0.871. The Kier molecular flexibility index (Phi) is 2.93.